The molecule has 0 unspecified atom stereocenters. The molecule has 11 nitrogen and oxygen atoms in total. The van der Waals surface area contributed by atoms with E-state index in [2.05, 4.69) is 5.32 Å². The summed E-state index contributed by atoms with van der Waals surface area (Å²) in [6.07, 6.45) is -3.27. The fraction of sp³-hybridized carbons (Fsp3) is 0.421. The molecule has 172 valence electrons. The van der Waals surface area contributed by atoms with Crippen LogP contribution in [0, 0.1) is 27.4 Å². The van der Waals surface area contributed by atoms with Gasteiger partial charge in [-0.2, -0.15) is 8.78 Å². The summed E-state index contributed by atoms with van der Waals surface area (Å²) < 4.78 is 29.7. The van der Waals surface area contributed by atoms with E-state index >= 15 is 0 Å². The lowest BCUT2D eigenvalue weighted by molar-refractivity contribution is -0.384. The maximum absolute atomic E-state index is 12.5. The number of hydrogen-bond donors (Lipinski definition) is 3. The number of halogens is 2. The lowest BCUT2D eigenvalue weighted by atomic mass is 9.75. The van der Waals surface area contributed by atoms with Crippen molar-refractivity contribution in [3.63, 3.8) is 0 Å². The number of hydrogen-bond acceptors (Lipinski definition) is 8. The van der Waals surface area contributed by atoms with Crippen molar-refractivity contribution >= 4 is 35.0 Å². The number of nitrogens with zero attached hydrogens (tertiary/aromatic N) is 1. The van der Waals surface area contributed by atoms with Crippen LogP contribution in [-0.2, 0) is 30.5 Å². The molecule has 1 heterocycles. The Kier molecular flexibility index (Phi) is 7.67. The van der Waals surface area contributed by atoms with Crippen LogP contribution in [0.25, 0.3) is 0 Å². The van der Waals surface area contributed by atoms with E-state index in [9.17, 15) is 38.1 Å². The lowest BCUT2D eigenvalue weighted by Gasteiger charge is -2.43. The van der Waals surface area contributed by atoms with Gasteiger partial charge in [0.25, 0.3) is 11.6 Å². The molecule has 0 aromatic heterocycles. The first-order valence-electron chi connectivity index (χ1n) is 9.36. The van der Waals surface area contributed by atoms with Gasteiger partial charge in [-0.3, -0.25) is 29.9 Å². The van der Waals surface area contributed by atoms with Crippen molar-refractivity contribution in [2.75, 3.05) is 0 Å². The van der Waals surface area contributed by atoms with E-state index in [-0.39, 0.29) is 12.3 Å². The van der Waals surface area contributed by atoms with Gasteiger partial charge < -0.3 is 15.4 Å². The van der Waals surface area contributed by atoms with Gasteiger partial charge in [0.1, 0.15) is 6.61 Å². The van der Waals surface area contributed by atoms with Crippen molar-refractivity contribution in [3.8, 4) is 0 Å². The Hall–Kier alpha value is -3.77. The fourth-order valence-electron chi connectivity index (χ4n) is 3.19. The molecule has 32 heavy (non-hydrogen) atoms. The standard InChI is InChI=1S/C19H20F2N4O7/c1-8(14-12(17(27)24-14)9(2)23-18(28)16(20)21)15(26)13(22)19(29)32-7-10-3-5-11(6-4-10)25(30)31/h3-6,8-9,12,14,16,22H,7H2,1-2H3,(H,23,28)(H,24,27)/t8-,9-,12-,14-/m1/s1. The summed E-state index contributed by atoms with van der Waals surface area (Å²) in [6.45, 7) is 2.34. The SMILES string of the molecule is C[C@@H](NC(=O)C(F)F)[C@H]1C(=O)N[C@@H]1[C@@H](C)C(=O)C(=N)C(=O)OCc1ccc([N+](=O)[O-])cc1. The smallest absolute Gasteiger partial charge is 0.360 e. The number of esters is 1. The molecule has 1 aromatic rings. The predicted molar refractivity (Wildman–Crippen MR) is 104 cm³/mol. The summed E-state index contributed by atoms with van der Waals surface area (Å²) in [6, 6.07) is 3.22. The first-order valence-corrected chi connectivity index (χ1v) is 9.36. The van der Waals surface area contributed by atoms with Gasteiger partial charge in [-0.05, 0) is 24.6 Å². The van der Waals surface area contributed by atoms with Crippen LogP contribution in [0.2, 0.25) is 0 Å². The number of rotatable bonds is 10. The number of ketones is 1. The summed E-state index contributed by atoms with van der Waals surface area (Å²) in [7, 11) is 0. The Balaban J connectivity index is 1.94. The molecular weight excluding hydrogens is 434 g/mol. The van der Waals surface area contributed by atoms with Gasteiger partial charge >= 0.3 is 12.4 Å². The summed E-state index contributed by atoms with van der Waals surface area (Å²) >= 11 is 0. The number of benzene rings is 1. The Morgan fingerprint density at radius 2 is 1.84 bits per heavy atom. The highest BCUT2D eigenvalue weighted by Gasteiger charge is 2.49. The minimum Gasteiger partial charge on any atom is -0.456 e. The Morgan fingerprint density at radius 1 is 1.25 bits per heavy atom. The molecular formula is C19H20F2N4O7. The van der Waals surface area contributed by atoms with E-state index in [0.29, 0.717) is 5.56 Å². The maximum atomic E-state index is 12.5. The average molecular weight is 454 g/mol. The maximum Gasteiger partial charge on any atom is 0.360 e. The second kappa shape index (κ2) is 10.0. The zero-order valence-corrected chi connectivity index (χ0v) is 17.0. The van der Waals surface area contributed by atoms with Crippen molar-refractivity contribution in [3.05, 3.63) is 39.9 Å². The van der Waals surface area contributed by atoms with Crippen LogP contribution in [0.15, 0.2) is 24.3 Å². The highest BCUT2D eigenvalue weighted by Crippen LogP contribution is 2.26. The van der Waals surface area contributed by atoms with E-state index in [0.717, 1.165) is 0 Å². The second-order valence-electron chi connectivity index (χ2n) is 7.19. The number of ether oxygens (including phenoxy) is 1. The minimum absolute atomic E-state index is 0.159. The number of nitro benzene ring substituents is 1. The molecule has 4 atom stereocenters. The number of nitrogens with one attached hydrogen (secondary N) is 3. The zero-order chi connectivity index (χ0) is 24.2. The molecule has 1 aromatic carbocycles. The summed E-state index contributed by atoms with van der Waals surface area (Å²) in [5.41, 5.74) is -0.747. The highest BCUT2D eigenvalue weighted by molar-refractivity contribution is 6.63. The average Bonchev–Trinajstić information content (AvgIpc) is 2.74. The topological polar surface area (TPSA) is 169 Å². The van der Waals surface area contributed by atoms with Crippen LogP contribution in [0.3, 0.4) is 0 Å². The molecule has 0 radical (unpaired) electrons. The van der Waals surface area contributed by atoms with Gasteiger partial charge in [0.05, 0.1) is 16.9 Å². The van der Waals surface area contributed by atoms with Crippen LogP contribution < -0.4 is 10.6 Å². The summed E-state index contributed by atoms with van der Waals surface area (Å²) in [5, 5.41) is 22.8. The zero-order valence-electron chi connectivity index (χ0n) is 17.0. The van der Waals surface area contributed by atoms with Crippen molar-refractivity contribution in [2.45, 2.75) is 39.0 Å². The molecule has 1 fully saturated rings. The van der Waals surface area contributed by atoms with Crippen LogP contribution in [-0.4, -0.2) is 52.7 Å². The molecule has 2 rings (SSSR count). The Bertz CT molecular complexity index is 951. The Labute approximate surface area is 180 Å². The van der Waals surface area contributed by atoms with E-state index in [1.165, 1.54) is 38.1 Å². The molecule has 0 spiro atoms. The van der Waals surface area contributed by atoms with Crippen LogP contribution >= 0.6 is 0 Å². The molecule has 1 saturated heterocycles. The van der Waals surface area contributed by atoms with Gasteiger partial charge in [-0.1, -0.05) is 6.92 Å². The monoisotopic (exact) mass is 454 g/mol. The lowest BCUT2D eigenvalue weighted by Crippen LogP contribution is -2.68. The van der Waals surface area contributed by atoms with Gasteiger partial charge in [0, 0.05) is 24.1 Å². The van der Waals surface area contributed by atoms with E-state index in [1.807, 2.05) is 5.32 Å². The molecule has 3 N–H and O–H groups in total. The third-order valence-electron chi connectivity index (χ3n) is 5.03. The Morgan fingerprint density at radius 3 is 2.34 bits per heavy atom. The molecule has 2 amide bonds. The van der Waals surface area contributed by atoms with Crippen molar-refractivity contribution in [1.82, 2.24) is 10.6 Å². The summed E-state index contributed by atoms with van der Waals surface area (Å²) in [5.74, 6) is -6.37. The minimum atomic E-state index is -3.27. The fourth-order valence-corrected chi connectivity index (χ4v) is 3.19. The molecule has 1 aliphatic rings. The van der Waals surface area contributed by atoms with Crippen molar-refractivity contribution < 1.29 is 37.6 Å². The number of nitro groups is 1. The largest absolute Gasteiger partial charge is 0.456 e. The molecule has 0 aliphatic carbocycles. The van der Waals surface area contributed by atoms with Gasteiger partial charge in [0.15, 0.2) is 11.5 Å². The molecule has 0 bridgehead atoms. The third kappa shape index (κ3) is 5.47. The van der Waals surface area contributed by atoms with Crippen LogP contribution in [0.5, 0.6) is 0 Å². The van der Waals surface area contributed by atoms with Crippen LogP contribution in [0.1, 0.15) is 19.4 Å². The number of amides is 2. The normalized spacial score (nSPS) is 19.2. The van der Waals surface area contributed by atoms with Crippen molar-refractivity contribution in [1.29, 1.82) is 5.41 Å². The summed E-state index contributed by atoms with van der Waals surface area (Å²) in [4.78, 5) is 57.6. The van der Waals surface area contributed by atoms with Crippen molar-refractivity contribution in [2.24, 2.45) is 11.8 Å². The second-order valence-corrected chi connectivity index (χ2v) is 7.19. The number of carbonyl (C=O) groups is 4. The first kappa shape index (κ1) is 24.5. The predicted octanol–water partition coefficient (Wildman–Crippen LogP) is 0.747. The highest BCUT2D eigenvalue weighted by atomic mass is 19.3. The number of β-lactam (4-membered cyclic amide) rings is 1. The third-order valence-corrected chi connectivity index (χ3v) is 5.03. The van der Waals surface area contributed by atoms with E-state index < -0.39 is 64.5 Å². The molecule has 13 heteroatoms. The number of alkyl halides is 2. The number of Topliss-reactive ketones (excluding diaryl/α,β-unsaturated/α-hetero) is 1. The van der Waals surface area contributed by atoms with Gasteiger partial charge in [0.2, 0.25) is 5.91 Å². The number of carbonyl (C=O) groups excluding carboxylic acids is 4. The van der Waals surface area contributed by atoms with E-state index in [1.54, 1.807) is 0 Å². The first-order chi connectivity index (χ1) is 14.9. The van der Waals surface area contributed by atoms with Gasteiger partial charge in [-0.15, -0.1) is 0 Å². The number of non-ortho nitro benzene ring substituents is 1. The molecule has 1 aliphatic heterocycles. The van der Waals surface area contributed by atoms with E-state index in [4.69, 9.17) is 10.1 Å². The van der Waals surface area contributed by atoms with Crippen LogP contribution in [0.4, 0.5) is 14.5 Å². The quantitative estimate of drug-likeness (QED) is 0.117. The van der Waals surface area contributed by atoms with Gasteiger partial charge in [-0.25, -0.2) is 4.79 Å². The molecule has 0 saturated carbocycles.